The molecule has 0 aliphatic carbocycles. The first-order valence-corrected chi connectivity index (χ1v) is 9.18. The highest BCUT2D eigenvalue weighted by molar-refractivity contribution is 5.92. The average Bonchev–Trinajstić information content (AvgIpc) is 2.63. The SMILES string of the molecule is CCN(c1ccc(C(=O)N2CCC(C)CC2)nc1)c1cccc(C)c1. The molecule has 0 N–H and O–H groups in total. The summed E-state index contributed by atoms with van der Waals surface area (Å²) in [5, 5.41) is 0. The quantitative estimate of drug-likeness (QED) is 0.828. The van der Waals surface area contributed by atoms with Gasteiger partial charge in [0.1, 0.15) is 5.69 Å². The Hall–Kier alpha value is -2.36. The fourth-order valence-corrected chi connectivity index (χ4v) is 3.36. The van der Waals surface area contributed by atoms with Crippen LogP contribution in [0.15, 0.2) is 42.6 Å². The highest BCUT2D eigenvalue weighted by Gasteiger charge is 2.22. The molecule has 1 aromatic heterocycles. The summed E-state index contributed by atoms with van der Waals surface area (Å²) in [6, 6.07) is 12.3. The van der Waals surface area contributed by atoms with Crippen LogP contribution in [0.4, 0.5) is 11.4 Å². The number of hydrogen-bond donors (Lipinski definition) is 0. The van der Waals surface area contributed by atoms with Gasteiger partial charge in [0.25, 0.3) is 5.91 Å². The molecule has 25 heavy (non-hydrogen) atoms. The largest absolute Gasteiger partial charge is 0.341 e. The first-order chi connectivity index (χ1) is 12.1. The summed E-state index contributed by atoms with van der Waals surface area (Å²) in [7, 11) is 0. The average molecular weight is 337 g/mol. The number of aryl methyl sites for hydroxylation is 1. The molecule has 2 heterocycles. The van der Waals surface area contributed by atoms with E-state index in [0.29, 0.717) is 11.6 Å². The second-order valence-electron chi connectivity index (χ2n) is 6.96. The predicted molar refractivity (Wildman–Crippen MR) is 102 cm³/mol. The normalized spacial score (nSPS) is 15.2. The second-order valence-corrected chi connectivity index (χ2v) is 6.96. The van der Waals surface area contributed by atoms with Crippen molar-refractivity contribution in [2.24, 2.45) is 5.92 Å². The van der Waals surface area contributed by atoms with Gasteiger partial charge in [-0.2, -0.15) is 0 Å². The summed E-state index contributed by atoms with van der Waals surface area (Å²) in [6.07, 6.45) is 3.98. The van der Waals surface area contributed by atoms with Gasteiger partial charge in [0.05, 0.1) is 11.9 Å². The molecule has 3 rings (SSSR count). The molecule has 2 aromatic rings. The van der Waals surface area contributed by atoms with Gasteiger partial charge in [-0.1, -0.05) is 19.1 Å². The number of aromatic nitrogens is 1. The first kappa shape index (κ1) is 17.5. The Labute approximate surface area is 150 Å². The van der Waals surface area contributed by atoms with Gasteiger partial charge < -0.3 is 9.80 Å². The summed E-state index contributed by atoms with van der Waals surface area (Å²) in [5.41, 5.74) is 3.93. The van der Waals surface area contributed by atoms with Crippen LogP contribution in [0.2, 0.25) is 0 Å². The molecule has 1 saturated heterocycles. The number of anilines is 2. The minimum absolute atomic E-state index is 0.0528. The zero-order valence-corrected chi connectivity index (χ0v) is 15.4. The Morgan fingerprint density at radius 1 is 1.20 bits per heavy atom. The van der Waals surface area contributed by atoms with E-state index < -0.39 is 0 Å². The van der Waals surface area contributed by atoms with Crippen LogP contribution in [0.1, 0.15) is 42.7 Å². The van der Waals surface area contributed by atoms with E-state index in [4.69, 9.17) is 0 Å². The van der Waals surface area contributed by atoms with Gasteiger partial charge in [0.15, 0.2) is 0 Å². The number of amides is 1. The van der Waals surface area contributed by atoms with Crippen molar-refractivity contribution in [1.29, 1.82) is 0 Å². The van der Waals surface area contributed by atoms with E-state index in [-0.39, 0.29) is 5.91 Å². The molecular weight excluding hydrogens is 310 g/mol. The lowest BCUT2D eigenvalue weighted by atomic mass is 9.99. The molecule has 4 heteroatoms. The van der Waals surface area contributed by atoms with Crippen LogP contribution in [0.25, 0.3) is 0 Å². The zero-order chi connectivity index (χ0) is 17.8. The third-order valence-corrected chi connectivity index (χ3v) is 4.98. The molecule has 1 amide bonds. The van der Waals surface area contributed by atoms with Gasteiger partial charge in [-0.3, -0.25) is 4.79 Å². The maximum Gasteiger partial charge on any atom is 0.272 e. The molecule has 4 nitrogen and oxygen atoms in total. The fourth-order valence-electron chi connectivity index (χ4n) is 3.36. The van der Waals surface area contributed by atoms with Crippen molar-refractivity contribution >= 4 is 17.3 Å². The fraction of sp³-hybridized carbons (Fsp3) is 0.429. The van der Waals surface area contributed by atoms with Crippen LogP contribution >= 0.6 is 0 Å². The van der Waals surface area contributed by atoms with Crippen molar-refractivity contribution in [2.45, 2.75) is 33.6 Å². The highest BCUT2D eigenvalue weighted by Crippen LogP contribution is 2.25. The van der Waals surface area contributed by atoms with Crippen LogP contribution < -0.4 is 4.90 Å². The third-order valence-electron chi connectivity index (χ3n) is 4.98. The lowest BCUT2D eigenvalue weighted by molar-refractivity contribution is 0.0691. The Morgan fingerprint density at radius 2 is 1.96 bits per heavy atom. The van der Waals surface area contributed by atoms with E-state index in [1.54, 1.807) is 0 Å². The van der Waals surface area contributed by atoms with Crippen molar-refractivity contribution in [3.8, 4) is 0 Å². The van der Waals surface area contributed by atoms with Gasteiger partial charge in [0.2, 0.25) is 0 Å². The summed E-state index contributed by atoms with van der Waals surface area (Å²) in [4.78, 5) is 21.2. The van der Waals surface area contributed by atoms with E-state index in [2.05, 4.69) is 54.9 Å². The molecule has 0 unspecified atom stereocenters. The van der Waals surface area contributed by atoms with Crippen LogP contribution in [0, 0.1) is 12.8 Å². The lowest BCUT2D eigenvalue weighted by Crippen LogP contribution is -2.38. The maximum atomic E-state index is 12.6. The van der Waals surface area contributed by atoms with Gasteiger partial charge in [-0.15, -0.1) is 0 Å². The van der Waals surface area contributed by atoms with Crippen LogP contribution in [0.5, 0.6) is 0 Å². The van der Waals surface area contributed by atoms with Crippen molar-refractivity contribution in [3.63, 3.8) is 0 Å². The van der Waals surface area contributed by atoms with Crippen molar-refractivity contribution in [1.82, 2.24) is 9.88 Å². The molecule has 132 valence electrons. The number of nitrogens with zero attached hydrogens (tertiary/aromatic N) is 3. The maximum absolute atomic E-state index is 12.6. The summed E-state index contributed by atoms with van der Waals surface area (Å²) in [5.74, 6) is 0.767. The molecular formula is C21H27N3O. The number of rotatable bonds is 4. The topological polar surface area (TPSA) is 36.4 Å². The number of benzene rings is 1. The highest BCUT2D eigenvalue weighted by atomic mass is 16.2. The summed E-state index contributed by atoms with van der Waals surface area (Å²) in [6.45, 7) is 9.00. The van der Waals surface area contributed by atoms with Crippen LogP contribution in [0.3, 0.4) is 0 Å². The third kappa shape index (κ3) is 4.01. The van der Waals surface area contributed by atoms with Crippen molar-refractivity contribution in [3.05, 3.63) is 53.9 Å². The second kappa shape index (κ2) is 7.68. The van der Waals surface area contributed by atoms with Crippen molar-refractivity contribution in [2.75, 3.05) is 24.5 Å². The number of carbonyl (C=O) groups excluding carboxylic acids is 1. The summed E-state index contributed by atoms with van der Waals surface area (Å²) >= 11 is 0. The molecule has 0 saturated carbocycles. The number of pyridine rings is 1. The monoisotopic (exact) mass is 337 g/mol. The molecule has 0 radical (unpaired) electrons. The van der Waals surface area contributed by atoms with E-state index in [1.807, 2.05) is 23.2 Å². The van der Waals surface area contributed by atoms with Crippen LogP contribution in [-0.2, 0) is 0 Å². The van der Waals surface area contributed by atoms with Crippen LogP contribution in [-0.4, -0.2) is 35.4 Å². The van der Waals surface area contributed by atoms with E-state index in [0.717, 1.165) is 43.9 Å². The molecule has 1 aliphatic rings. The number of likely N-dealkylation sites (tertiary alicyclic amines) is 1. The van der Waals surface area contributed by atoms with Crippen molar-refractivity contribution < 1.29 is 4.79 Å². The Morgan fingerprint density at radius 3 is 2.56 bits per heavy atom. The van der Waals surface area contributed by atoms with Gasteiger partial charge in [0, 0.05) is 25.3 Å². The first-order valence-electron chi connectivity index (χ1n) is 9.18. The minimum atomic E-state index is 0.0528. The molecule has 1 aromatic carbocycles. The Bertz CT molecular complexity index is 718. The predicted octanol–water partition coefficient (Wildman–Crippen LogP) is 4.42. The van der Waals surface area contributed by atoms with Gasteiger partial charge in [-0.25, -0.2) is 4.98 Å². The molecule has 0 atom stereocenters. The molecule has 0 bridgehead atoms. The lowest BCUT2D eigenvalue weighted by Gasteiger charge is -2.30. The number of carbonyl (C=O) groups is 1. The Kier molecular flexibility index (Phi) is 5.37. The zero-order valence-electron chi connectivity index (χ0n) is 15.4. The molecule has 0 spiro atoms. The standard InChI is InChI=1S/C21H27N3O/c1-4-24(18-7-5-6-17(3)14-18)19-8-9-20(22-15-19)21(25)23-12-10-16(2)11-13-23/h5-9,14-16H,4,10-13H2,1-3H3. The van der Waals surface area contributed by atoms with E-state index >= 15 is 0 Å². The molecule has 1 aliphatic heterocycles. The number of piperidine rings is 1. The smallest absolute Gasteiger partial charge is 0.272 e. The Balaban J connectivity index is 1.76. The minimum Gasteiger partial charge on any atom is -0.341 e. The van der Waals surface area contributed by atoms with Gasteiger partial charge >= 0.3 is 0 Å². The van der Waals surface area contributed by atoms with E-state index in [1.165, 1.54) is 5.56 Å². The van der Waals surface area contributed by atoms with Gasteiger partial charge in [-0.05, 0) is 62.4 Å². The molecule has 1 fully saturated rings. The number of hydrogen-bond acceptors (Lipinski definition) is 3. The van der Waals surface area contributed by atoms with E-state index in [9.17, 15) is 4.79 Å². The summed E-state index contributed by atoms with van der Waals surface area (Å²) < 4.78 is 0.